The van der Waals surface area contributed by atoms with Gasteiger partial charge in [-0.2, -0.15) is 0 Å². The summed E-state index contributed by atoms with van der Waals surface area (Å²) in [7, 11) is 0. The average Bonchev–Trinajstić information content (AvgIpc) is 3.18. The van der Waals surface area contributed by atoms with Crippen molar-refractivity contribution in [2.75, 3.05) is 18.5 Å². The van der Waals surface area contributed by atoms with Gasteiger partial charge >= 0.3 is 0 Å². The number of aromatic nitrogens is 2. The second kappa shape index (κ2) is 8.40. The number of ether oxygens (including phenoxy) is 1. The number of nitrogens with zero attached hydrogens (tertiary/aromatic N) is 2. The molecule has 2 aliphatic heterocycles. The van der Waals surface area contributed by atoms with Crippen molar-refractivity contribution in [1.82, 2.24) is 14.9 Å². The van der Waals surface area contributed by atoms with Crippen molar-refractivity contribution in [3.8, 4) is 0 Å². The molecule has 4 rings (SSSR count). The maximum atomic E-state index is 12.7. The van der Waals surface area contributed by atoms with Gasteiger partial charge in [0.1, 0.15) is 0 Å². The first-order valence-electron chi connectivity index (χ1n) is 10.3. The third-order valence-corrected chi connectivity index (χ3v) is 5.83. The number of piperidine rings is 1. The Morgan fingerprint density at radius 3 is 2.85 bits per heavy atom. The molecule has 1 aromatic heterocycles. The van der Waals surface area contributed by atoms with Gasteiger partial charge in [-0.05, 0) is 57.1 Å². The highest BCUT2D eigenvalue weighted by molar-refractivity contribution is 5.91. The van der Waals surface area contributed by atoms with E-state index in [1.807, 2.05) is 25.1 Å². The highest BCUT2D eigenvalue weighted by Gasteiger charge is 2.34. The van der Waals surface area contributed by atoms with Crippen LogP contribution in [0.3, 0.4) is 0 Å². The Kier molecular flexibility index (Phi) is 5.74. The van der Waals surface area contributed by atoms with Crippen molar-refractivity contribution in [3.63, 3.8) is 0 Å². The molecule has 0 spiro atoms. The molecule has 6 nitrogen and oxygen atoms in total. The molecule has 0 radical (unpaired) electrons. The first-order chi connectivity index (χ1) is 13.2. The van der Waals surface area contributed by atoms with E-state index in [1.54, 1.807) is 0 Å². The van der Waals surface area contributed by atoms with E-state index >= 15 is 0 Å². The molecule has 2 saturated heterocycles. The third kappa shape index (κ3) is 4.33. The van der Waals surface area contributed by atoms with Gasteiger partial charge in [0, 0.05) is 38.3 Å². The molecule has 2 N–H and O–H groups in total. The van der Waals surface area contributed by atoms with Crippen LogP contribution in [0.25, 0.3) is 11.0 Å². The molecule has 1 aromatic carbocycles. The van der Waals surface area contributed by atoms with Crippen LogP contribution < -0.4 is 10.6 Å². The molecule has 2 unspecified atom stereocenters. The van der Waals surface area contributed by atoms with Crippen LogP contribution in [0.5, 0.6) is 0 Å². The fourth-order valence-electron chi connectivity index (χ4n) is 4.65. The fraction of sp³-hybridized carbons (Fsp3) is 0.619. The van der Waals surface area contributed by atoms with Crippen molar-refractivity contribution < 1.29 is 9.53 Å². The lowest BCUT2D eigenvalue weighted by Gasteiger charge is -2.28. The number of carbonyl (C=O) groups excluding carboxylic acids is 1. The van der Waals surface area contributed by atoms with E-state index in [0.29, 0.717) is 37.0 Å². The van der Waals surface area contributed by atoms with E-state index in [1.165, 1.54) is 12.8 Å². The molecule has 2 fully saturated rings. The minimum atomic E-state index is 0.0858. The van der Waals surface area contributed by atoms with Crippen molar-refractivity contribution in [2.24, 2.45) is 5.92 Å². The topological polar surface area (TPSA) is 68.2 Å². The second-order valence-corrected chi connectivity index (χ2v) is 7.85. The van der Waals surface area contributed by atoms with E-state index < -0.39 is 0 Å². The van der Waals surface area contributed by atoms with Crippen LogP contribution in [0.1, 0.15) is 45.4 Å². The van der Waals surface area contributed by atoms with Gasteiger partial charge in [0.2, 0.25) is 11.9 Å². The summed E-state index contributed by atoms with van der Waals surface area (Å²) in [5, 5.41) is 6.73. The lowest BCUT2D eigenvalue weighted by Crippen LogP contribution is -2.39. The molecule has 3 heterocycles. The highest BCUT2D eigenvalue weighted by Crippen LogP contribution is 2.33. The van der Waals surface area contributed by atoms with Crippen LogP contribution in [-0.2, 0) is 16.1 Å². The number of amides is 1. The molecule has 0 aliphatic carbocycles. The molecular formula is C21H30N4O2. The minimum absolute atomic E-state index is 0.0858. The fourth-order valence-corrected chi connectivity index (χ4v) is 4.65. The number of para-hydroxylation sites is 2. The molecule has 1 amide bonds. The largest absolute Gasteiger partial charge is 0.382 e. The smallest absolute Gasteiger partial charge is 0.226 e. The van der Waals surface area contributed by atoms with Gasteiger partial charge < -0.3 is 14.6 Å². The number of anilines is 1. The van der Waals surface area contributed by atoms with E-state index in [9.17, 15) is 4.79 Å². The summed E-state index contributed by atoms with van der Waals surface area (Å²) >= 11 is 0. The first-order valence-corrected chi connectivity index (χ1v) is 10.3. The SMILES string of the molecule is CCOCCCn1c(NC(=O)CC2CC3CCC(C2)N3)nc2ccccc21. The van der Waals surface area contributed by atoms with Crippen molar-refractivity contribution >= 4 is 22.9 Å². The van der Waals surface area contributed by atoms with Gasteiger partial charge in [-0.1, -0.05) is 12.1 Å². The minimum Gasteiger partial charge on any atom is -0.382 e. The summed E-state index contributed by atoms with van der Waals surface area (Å²) in [4.78, 5) is 17.4. The van der Waals surface area contributed by atoms with Crippen molar-refractivity contribution in [3.05, 3.63) is 24.3 Å². The molecule has 27 heavy (non-hydrogen) atoms. The normalized spacial score (nSPS) is 24.4. The van der Waals surface area contributed by atoms with Gasteiger partial charge in [0.15, 0.2) is 0 Å². The highest BCUT2D eigenvalue weighted by atomic mass is 16.5. The molecule has 0 saturated carbocycles. The number of nitrogens with one attached hydrogen (secondary N) is 2. The van der Waals surface area contributed by atoms with E-state index in [2.05, 4.69) is 26.3 Å². The number of rotatable bonds is 8. The number of carbonyl (C=O) groups is 1. The molecule has 146 valence electrons. The summed E-state index contributed by atoms with van der Waals surface area (Å²) in [5.41, 5.74) is 1.98. The third-order valence-electron chi connectivity index (χ3n) is 5.83. The van der Waals surface area contributed by atoms with Crippen LogP contribution in [0.15, 0.2) is 24.3 Å². The number of imidazole rings is 1. The van der Waals surface area contributed by atoms with E-state index in [0.717, 1.165) is 43.4 Å². The lowest BCUT2D eigenvalue weighted by atomic mass is 9.89. The van der Waals surface area contributed by atoms with Crippen molar-refractivity contribution in [1.29, 1.82) is 0 Å². The predicted octanol–water partition coefficient (Wildman–Crippen LogP) is 3.32. The zero-order valence-electron chi connectivity index (χ0n) is 16.1. The average molecular weight is 370 g/mol. The Morgan fingerprint density at radius 2 is 2.07 bits per heavy atom. The molecule has 2 aromatic rings. The zero-order valence-corrected chi connectivity index (χ0v) is 16.1. The first kappa shape index (κ1) is 18.4. The number of hydrogen-bond donors (Lipinski definition) is 2. The summed E-state index contributed by atoms with van der Waals surface area (Å²) in [6, 6.07) is 9.28. The summed E-state index contributed by atoms with van der Waals surface area (Å²) in [6.07, 6.45) is 6.26. The maximum absolute atomic E-state index is 12.7. The van der Waals surface area contributed by atoms with Crippen LogP contribution in [-0.4, -0.2) is 40.8 Å². The number of hydrogen-bond acceptors (Lipinski definition) is 4. The van der Waals surface area contributed by atoms with Crippen LogP contribution in [0.2, 0.25) is 0 Å². The van der Waals surface area contributed by atoms with Crippen molar-refractivity contribution in [2.45, 2.75) is 64.1 Å². The summed E-state index contributed by atoms with van der Waals surface area (Å²) in [5.74, 6) is 1.23. The van der Waals surface area contributed by atoms with E-state index in [4.69, 9.17) is 4.74 Å². The second-order valence-electron chi connectivity index (χ2n) is 7.85. The quantitative estimate of drug-likeness (QED) is 0.700. The summed E-state index contributed by atoms with van der Waals surface area (Å²) < 4.78 is 7.57. The van der Waals surface area contributed by atoms with Crippen LogP contribution in [0.4, 0.5) is 5.95 Å². The van der Waals surface area contributed by atoms with Crippen LogP contribution >= 0.6 is 0 Å². The Labute approximate surface area is 160 Å². The van der Waals surface area contributed by atoms with Gasteiger partial charge in [0.05, 0.1) is 11.0 Å². The standard InChI is InChI=1S/C21H30N4O2/c1-2-27-11-5-10-25-19-7-4-3-6-18(19)23-21(25)24-20(26)14-15-12-16-8-9-17(13-15)22-16/h3-4,6-7,15-17,22H,2,5,8-14H2,1H3,(H,23,24,26). The molecule has 6 heteroatoms. The van der Waals surface area contributed by atoms with Gasteiger partial charge in [-0.25, -0.2) is 4.98 Å². The van der Waals surface area contributed by atoms with E-state index in [-0.39, 0.29) is 5.91 Å². The van der Waals surface area contributed by atoms with Gasteiger partial charge in [-0.15, -0.1) is 0 Å². The molecule has 2 aliphatic rings. The summed E-state index contributed by atoms with van der Waals surface area (Å²) in [6.45, 7) is 4.24. The molecular weight excluding hydrogens is 340 g/mol. The zero-order chi connectivity index (χ0) is 18.6. The van der Waals surface area contributed by atoms with Gasteiger partial charge in [-0.3, -0.25) is 10.1 Å². The Bertz CT molecular complexity index is 776. The maximum Gasteiger partial charge on any atom is 0.226 e. The molecule has 2 bridgehead atoms. The number of benzene rings is 1. The van der Waals surface area contributed by atoms with Crippen LogP contribution in [0, 0.1) is 5.92 Å². The number of aryl methyl sites for hydroxylation is 1. The lowest BCUT2D eigenvalue weighted by molar-refractivity contribution is -0.117. The Morgan fingerprint density at radius 1 is 1.30 bits per heavy atom. The number of fused-ring (bicyclic) bond motifs is 3. The Hall–Kier alpha value is -1.92. The molecule has 2 atom stereocenters. The predicted molar refractivity (Wildman–Crippen MR) is 107 cm³/mol. The van der Waals surface area contributed by atoms with Gasteiger partial charge in [0.25, 0.3) is 0 Å². The monoisotopic (exact) mass is 370 g/mol. The Balaban J connectivity index is 1.43.